The number of nitrogens with zero attached hydrogens (tertiary/aromatic N) is 2. The molecule has 0 bridgehead atoms. The van der Waals surface area contributed by atoms with E-state index in [1.165, 1.54) is 0 Å². The number of rotatable bonds is 7. The van der Waals surface area contributed by atoms with Gasteiger partial charge in [0.1, 0.15) is 17.3 Å². The summed E-state index contributed by atoms with van der Waals surface area (Å²) < 4.78 is 10.9. The van der Waals surface area contributed by atoms with E-state index in [1.54, 1.807) is 13.3 Å². The van der Waals surface area contributed by atoms with Gasteiger partial charge in [0.05, 0.1) is 13.2 Å². The van der Waals surface area contributed by atoms with Gasteiger partial charge in [-0.3, -0.25) is 0 Å². The second kappa shape index (κ2) is 8.20. The maximum atomic E-state index is 5.64. The van der Waals surface area contributed by atoms with Gasteiger partial charge in [0.25, 0.3) is 0 Å². The van der Waals surface area contributed by atoms with E-state index in [2.05, 4.69) is 20.6 Å². The minimum atomic E-state index is 0.150. The molecule has 0 unspecified atom stereocenters. The fraction of sp³-hybridized carbons (Fsp3) is 0.200. The minimum Gasteiger partial charge on any atom is -0.497 e. The lowest BCUT2D eigenvalue weighted by atomic mass is 10.3. The summed E-state index contributed by atoms with van der Waals surface area (Å²) in [4.78, 5) is 8.75. The Kier molecular flexibility index (Phi) is 5.53. The highest BCUT2D eigenvalue weighted by Gasteiger charge is 2.03. The highest BCUT2D eigenvalue weighted by Crippen LogP contribution is 2.22. The first-order valence-corrected chi connectivity index (χ1v) is 8.40. The monoisotopic (exact) mass is 350 g/mol. The molecule has 0 aliphatic heterocycles. The van der Waals surface area contributed by atoms with Crippen molar-refractivity contribution < 1.29 is 9.47 Å². The van der Waals surface area contributed by atoms with Crippen LogP contribution in [0, 0.1) is 0 Å². The van der Waals surface area contributed by atoms with Crippen molar-refractivity contribution in [3.63, 3.8) is 0 Å². The number of hydrogen-bond acceptors (Lipinski definition) is 6. The number of ether oxygens (including phenoxy) is 2. The molecule has 0 saturated carbocycles. The van der Waals surface area contributed by atoms with Crippen LogP contribution in [-0.2, 0) is 0 Å². The van der Waals surface area contributed by atoms with E-state index < -0.39 is 0 Å². The van der Waals surface area contributed by atoms with E-state index in [0.29, 0.717) is 11.8 Å². The van der Waals surface area contributed by atoms with Crippen LogP contribution in [0.25, 0.3) is 0 Å². The van der Waals surface area contributed by atoms with Crippen molar-refractivity contribution >= 4 is 23.1 Å². The van der Waals surface area contributed by atoms with Crippen molar-refractivity contribution in [2.45, 2.75) is 20.0 Å². The SMILES string of the molecule is COc1cccc(Nc2ccnc(Nc3ccc(OC(C)C)cc3)n2)c1. The summed E-state index contributed by atoms with van der Waals surface area (Å²) in [5.74, 6) is 2.82. The first-order chi connectivity index (χ1) is 12.6. The highest BCUT2D eigenvalue weighted by atomic mass is 16.5. The average molecular weight is 350 g/mol. The van der Waals surface area contributed by atoms with Crippen LogP contribution >= 0.6 is 0 Å². The molecule has 0 aliphatic carbocycles. The van der Waals surface area contributed by atoms with Crippen molar-refractivity contribution in [2.24, 2.45) is 0 Å². The van der Waals surface area contributed by atoms with E-state index in [9.17, 15) is 0 Å². The van der Waals surface area contributed by atoms with Crippen molar-refractivity contribution in [3.8, 4) is 11.5 Å². The summed E-state index contributed by atoms with van der Waals surface area (Å²) in [5, 5.41) is 6.44. The molecule has 6 heteroatoms. The molecule has 1 aromatic heterocycles. The smallest absolute Gasteiger partial charge is 0.229 e. The topological polar surface area (TPSA) is 68.3 Å². The summed E-state index contributed by atoms with van der Waals surface area (Å²) >= 11 is 0. The van der Waals surface area contributed by atoms with Gasteiger partial charge in [0.15, 0.2) is 0 Å². The lowest BCUT2D eigenvalue weighted by Crippen LogP contribution is -2.05. The molecular formula is C20H22N4O2. The number of hydrogen-bond donors (Lipinski definition) is 2. The molecular weight excluding hydrogens is 328 g/mol. The normalized spacial score (nSPS) is 10.5. The summed E-state index contributed by atoms with van der Waals surface area (Å²) in [6.45, 7) is 4.00. The fourth-order valence-electron chi connectivity index (χ4n) is 2.36. The number of nitrogens with one attached hydrogen (secondary N) is 2. The second-order valence-electron chi connectivity index (χ2n) is 5.94. The van der Waals surface area contributed by atoms with Gasteiger partial charge >= 0.3 is 0 Å². The van der Waals surface area contributed by atoms with Gasteiger partial charge in [-0.25, -0.2) is 4.98 Å². The molecule has 0 saturated heterocycles. The summed E-state index contributed by atoms with van der Waals surface area (Å²) in [5.41, 5.74) is 1.78. The van der Waals surface area contributed by atoms with Crippen LogP contribution < -0.4 is 20.1 Å². The molecule has 0 spiro atoms. The summed E-state index contributed by atoms with van der Waals surface area (Å²) in [6, 6.07) is 17.2. The number of aromatic nitrogens is 2. The van der Waals surface area contributed by atoms with Crippen LogP contribution in [0.3, 0.4) is 0 Å². The molecule has 0 fully saturated rings. The predicted molar refractivity (Wildman–Crippen MR) is 104 cm³/mol. The van der Waals surface area contributed by atoms with E-state index in [4.69, 9.17) is 9.47 Å². The zero-order valence-electron chi connectivity index (χ0n) is 15.1. The predicted octanol–water partition coefficient (Wildman–Crippen LogP) is 4.76. The Hall–Kier alpha value is -3.28. The molecule has 26 heavy (non-hydrogen) atoms. The third-order valence-corrected chi connectivity index (χ3v) is 3.48. The Labute approximate surface area is 153 Å². The van der Waals surface area contributed by atoms with Crippen LogP contribution in [0.2, 0.25) is 0 Å². The highest BCUT2D eigenvalue weighted by molar-refractivity contribution is 5.61. The molecule has 3 rings (SSSR count). The van der Waals surface area contributed by atoms with Gasteiger partial charge in [-0.05, 0) is 56.3 Å². The van der Waals surface area contributed by atoms with Gasteiger partial charge in [-0.2, -0.15) is 4.98 Å². The summed E-state index contributed by atoms with van der Waals surface area (Å²) in [7, 11) is 1.64. The molecule has 134 valence electrons. The van der Waals surface area contributed by atoms with Crippen LogP contribution in [-0.4, -0.2) is 23.2 Å². The van der Waals surface area contributed by atoms with Crippen molar-refractivity contribution in [3.05, 3.63) is 60.8 Å². The molecule has 2 N–H and O–H groups in total. The van der Waals surface area contributed by atoms with Crippen molar-refractivity contribution in [2.75, 3.05) is 17.7 Å². The Bertz CT molecular complexity index is 850. The van der Waals surface area contributed by atoms with E-state index in [-0.39, 0.29) is 6.10 Å². The Morgan fingerprint density at radius 2 is 1.69 bits per heavy atom. The standard InChI is InChI=1S/C20H22N4O2/c1-14(2)26-17-9-7-15(8-10-17)23-20-21-12-11-19(24-20)22-16-5-4-6-18(13-16)25-3/h4-14H,1-3H3,(H2,21,22,23,24). The average Bonchev–Trinajstić information content (AvgIpc) is 2.63. The zero-order chi connectivity index (χ0) is 18.4. The second-order valence-corrected chi connectivity index (χ2v) is 5.94. The Balaban J connectivity index is 1.69. The quantitative estimate of drug-likeness (QED) is 0.640. The van der Waals surface area contributed by atoms with E-state index in [1.807, 2.05) is 68.4 Å². The molecule has 0 amide bonds. The van der Waals surface area contributed by atoms with E-state index in [0.717, 1.165) is 22.9 Å². The fourth-order valence-corrected chi connectivity index (χ4v) is 2.36. The maximum absolute atomic E-state index is 5.64. The Morgan fingerprint density at radius 3 is 2.42 bits per heavy atom. The van der Waals surface area contributed by atoms with Crippen molar-refractivity contribution in [1.82, 2.24) is 9.97 Å². The van der Waals surface area contributed by atoms with Crippen LogP contribution in [0.15, 0.2) is 60.8 Å². The van der Waals surface area contributed by atoms with Crippen molar-refractivity contribution in [1.29, 1.82) is 0 Å². The van der Waals surface area contributed by atoms with Gasteiger partial charge in [-0.15, -0.1) is 0 Å². The lowest BCUT2D eigenvalue weighted by Gasteiger charge is -2.11. The molecule has 6 nitrogen and oxygen atoms in total. The number of methoxy groups -OCH3 is 1. The zero-order valence-corrected chi connectivity index (χ0v) is 15.1. The molecule has 1 heterocycles. The van der Waals surface area contributed by atoms with Gasteiger partial charge in [0.2, 0.25) is 5.95 Å². The van der Waals surface area contributed by atoms with Gasteiger partial charge < -0.3 is 20.1 Å². The van der Waals surface area contributed by atoms with Gasteiger partial charge in [0, 0.05) is 23.6 Å². The molecule has 0 aliphatic rings. The first kappa shape index (κ1) is 17.5. The number of anilines is 4. The first-order valence-electron chi connectivity index (χ1n) is 8.40. The van der Waals surface area contributed by atoms with Gasteiger partial charge in [-0.1, -0.05) is 6.07 Å². The molecule has 2 aromatic carbocycles. The largest absolute Gasteiger partial charge is 0.497 e. The van der Waals surface area contributed by atoms with Crippen LogP contribution in [0.1, 0.15) is 13.8 Å². The minimum absolute atomic E-state index is 0.150. The Morgan fingerprint density at radius 1 is 0.885 bits per heavy atom. The van der Waals surface area contributed by atoms with Crippen LogP contribution in [0.4, 0.5) is 23.1 Å². The summed E-state index contributed by atoms with van der Waals surface area (Å²) in [6.07, 6.45) is 1.85. The third-order valence-electron chi connectivity index (χ3n) is 3.48. The number of benzene rings is 2. The third kappa shape index (κ3) is 4.86. The van der Waals surface area contributed by atoms with Crippen LogP contribution in [0.5, 0.6) is 11.5 Å². The molecule has 3 aromatic rings. The molecule has 0 radical (unpaired) electrons. The van der Waals surface area contributed by atoms with E-state index >= 15 is 0 Å². The lowest BCUT2D eigenvalue weighted by molar-refractivity contribution is 0.242. The molecule has 0 atom stereocenters. The maximum Gasteiger partial charge on any atom is 0.229 e.